The number of Topliss-reactive ketones (excluding diaryl/α,β-unsaturated/α-hetero) is 1. The molecule has 0 bridgehead atoms. The number of furan rings is 1. The molecule has 0 saturated heterocycles. The highest BCUT2D eigenvalue weighted by Crippen LogP contribution is 2.43. The van der Waals surface area contributed by atoms with Crippen molar-refractivity contribution in [2.45, 2.75) is 32.2 Å². The van der Waals surface area contributed by atoms with Gasteiger partial charge < -0.3 is 23.9 Å². The maximum Gasteiger partial charge on any atom is 0.290 e. The van der Waals surface area contributed by atoms with Crippen molar-refractivity contribution in [1.29, 1.82) is 0 Å². The fraction of sp³-hybridized carbons (Fsp3) is 0.308. The van der Waals surface area contributed by atoms with E-state index in [2.05, 4.69) is 6.92 Å². The minimum atomic E-state index is -0.813. The summed E-state index contributed by atoms with van der Waals surface area (Å²) in [7, 11) is 3.00. The van der Waals surface area contributed by atoms with Crippen molar-refractivity contribution in [2.24, 2.45) is 0 Å². The Hall–Kier alpha value is -3.45. The Balaban J connectivity index is 1.83. The number of amides is 1. The van der Waals surface area contributed by atoms with Crippen LogP contribution < -0.4 is 9.47 Å². The topological polar surface area (TPSA) is 89.2 Å². The lowest BCUT2D eigenvalue weighted by molar-refractivity contribution is -0.129. The molecule has 1 aliphatic rings. The van der Waals surface area contributed by atoms with Crippen LogP contribution >= 0.6 is 11.6 Å². The van der Waals surface area contributed by atoms with Crippen molar-refractivity contribution in [1.82, 2.24) is 4.90 Å². The first kappa shape index (κ1) is 23.7. The van der Waals surface area contributed by atoms with Crippen LogP contribution in [0.25, 0.3) is 11.0 Å². The lowest BCUT2D eigenvalue weighted by atomic mass is 9.94. The van der Waals surface area contributed by atoms with Crippen LogP contribution in [0, 0.1) is 0 Å². The fourth-order valence-corrected chi connectivity index (χ4v) is 4.56. The zero-order valence-corrected chi connectivity index (χ0v) is 20.0. The van der Waals surface area contributed by atoms with Gasteiger partial charge in [-0.25, -0.2) is 0 Å². The monoisotopic (exact) mass is 483 g/mol. The predicted molar refractivity (Wildman–Crippen MR) is 129 cm³/mol. The first-order valence-corrected chi connectivity index (χ1v) is 11.5. The molecule has 1 unspecified atom stereocenters. The molecule has 7 nitrogen and oxygen atoms in total. The number of ether oxygens (including phenoxy) is 2. The smallest absolute Gasteiger partial charge is 0.290 e. The van der Waals surface area contributed by atoms with E-state index in [1.54, 1.807) is 36.4 Å². The summed E-state index contributed by atoms with van der Waals surface area (Å²) < 4.78 is 16.7. The van der Waals surface area contributed by atoms with Crippen molar-refractivity contribution in [3.63, 3.8) is 0 Å². The van der Waals surface area contributed by atoms with E-state index < -0.39 is 23.5 Å². The van der Waals surface area contributed by atoms with Gasteiger partial charge in [0.2, 0.25) is 5.78 Å². The zero-order chi connectivity index (χ0) is 24.4. The average molecular weight is 484 g/mol. The van der Waals surface area contributed by atoms with Gasteiger partial charge in [-0.3, -0.25) is 9.59 Å². The van der Waals surface area contributed by atoms with Crippen molar-refractivity contribution in [3.8, 4) is 11.5 Å². The van der Waals surface area contributed by atoms with Crippen LogP contribution in [-0.2, 0) is 4.79 Å². The number of halogens is 1. The minimum absolute atomic E-state index is 0.0276. The van der Waals surface area contributed by atoms with E-state index in [0.717, 1.165) is 19.3 Å². The van der Waals surface area contributed by atoms with E-state index in [4.69, 9.17) is 25.5 Å². The third kappa shape index (κ3) is 4.12. The summed E-state index contributed by atoms with van der Waals surface area (Å²) >= 11 is 6.16. The van der Waals surface area contributed by atoms with E-state index in [1.807, 2.05) is 0 Å². The van der Waals surface area contributed by atoms with Crippen molar-refractivity contribution in [3.05, 3.63) is 70.1 Å². The van der Waals surface area contributed by atoms with Crippen LogP contribution in [0.1, 0.15) is 48.3 Å². The number of aliphatic hydroxyl groups excluding tert-OH is 1. The van der Waals surface area contributed by atoms with Crippen LogP contribution in [0.2, 0.25) is 5.02 Å². The largest absolute Gasteiger partial charge is 0.503 e. The summed E-state index contributed by atoms with van der Waals surface area (Å²) in [5.74, 6) is -0.895. The van der Waals surface area contributed by atoms with Crippen molar-refractivity contribution < 1.29 is 28.6 Å². The molecule has 1 amide bonds. The number of methoxy groups -OCH3 is 2. The minimum Gasteiger partial charge on any atom is -0.503 e. The van der Waals surface area contributed by atoms with Gasteiger partial charge in [0, 0.05) is 28.6 Å². The van der Waals surface area contributed by atoms with Crippen LogP contribution in [-0.4, -0.2) is 42.5 Å². The summed E-state index contributed by atoms with van der Waals surface area (Å²) in [5.41, 5.74) is 0.919. The Labute approximate surface area is 202 Å². The molecular weight excluding hydrogens is 458 g/mol. The van der Waals surface area contributed by atoms with Crippen molar-refractivity contribution >= 4 is 34.3 Å². The summed E-state index contributed by atoms with van der Waals surface area (Å²) in [4.78, 5) is 28.3. The standard InChI is InChI=1S/C26H26ClNO6/c1-4-5-8-11-28-22(17-9-6-7-10-18(17)32-2)21(24(30)26(28)31)23(29)19-13-15-12-16(27)14-20(33-3)25(15)34-19/h6-7,9-10,12-14,22,30H,4-5,8,11H2,1-3H3. The first-order chi connectivity index (χ1) is 16.4. The van der Waals surface area contributed by atoms with E-state index >= 15 is 0 Å². The Morgan fingerprint density at radius 2 is 1.85 bits per heavy atom. The molecule has 1 N–H and O–H groups in total. The van der Waals surface area contributed by atoms with E-state index in [-0.39, 0.29) is 11.3 Å². The highest BCUT2D eigenvalue weighted by Gasteiger charge is 2.45. The van der Waals surface area contributed by atoms with Gasteiger partial charge in [-0.2, -0.15) is 0 Å². The summed E-state index contributed by atoms with van der Waals surface area (Å²) in [5, 5.41) is 11.9. The van der Waals surface area contributed by atoms with Crippen molar-refractivity contribution in [2.75, 3.05) is 20.8 Å². The predicted octanol–water partition coefficient (Wildman–Crippen LogP) is 5.87. The Morgan fingerprint density at radius 3 is 2.56 bits per heavy atom. The quantitative estimate of drug-likeness (QED) is 0.302. The molecule has 2 heterocycles. The van der Waals surface area contributed by atoms with Gasteiger partial charge in [0.15, 0.2) is 22.9 Å². The molecule has 0 aliphatic carbocycles. The zero-order valence-electron chi connectivity index (χ0n) is 19.3. The summed E-state index contributed by atoms with van der Waals surface area (Å²) in [6.45, 7) is 2.45. The number of nitrogens with zero attached hydrogens (tertiary/aromatic N) is 1. The second kappa shape index (κ2) is 9.81. The number of benzene rings is 2. The lowest BCUT2D eigenvalue weighted by Gasteiger charge is -2.27. The molecule has 3 aromatic rings. The fourth-order valence-electron chi connectivity index (χ4n) is 4.35. The molecule has 34 heavy (non-hydrogen) atoms. The van der Waals surface area contributed by atoms with Gasteiger partial charge in [0.1, 0.15) is 5.75 Å². The number of fused-ring (bicyclic) bond motifs is 1. The molecule has 2 aromatic carbocycles. The Bertz CT molecular complexity index is 1280. The van der Waals surface area contributed by atoms with Gasteiger partial charge in [0.05, 0.1) is 25.8 Å². The molecule has 0 radical (unpaired) electrons. The molecule has 0 spiro atoms. The molecule has 4 rings (SSSR count). The number of aliphatic hydroxyl groups is 1. The number of carbonyl (C=O) groups is 2. The van der Waals surface area contributed by atoms with E-state index in [9.17, 15) is 14.7 Å². The molecule has 1 aromatic heterocycles. The third-order valence-electron chi connectivity index (χ3n) is 5.98. The lowest BCUT2D eigenvalue weighted by Crippen LogP contribution is -2.32. The van der Waals surface area contributed by atoms with Gasteiger partial charge in [-0.1, -0.05) is 49.6 Å². The Morgan fingerprint density at radius 1 is 1.12 bits per heavy atom. The number of hydrogen-bond donors (Lipinski definition) is 1. The number of rotatable bonds is 9. The molecule has 1 aliphatic heterocycles. The van der Waals surface area contributed by atoms with Crippen LogP contribution in [0.3, 0.4) is 0 Å². The average Bonchev–Trinajstić information content (AvgIpc) is 3.37. The number of para-hydroxylation sites is 1. The van der Waals surface area contributed by atoms with Gasteiger partial charge in [-0.05, 0) is 24.6 Å². The second-order valence-electron chi connectivity index (χ2n) is 8.08. The molecule has 178 valence electrons. The molecular formula is C26H26ClNO6. The van der Waals surface area contributed by atoms with Gasteiger partial charge in [0.25, 0.3) is 5.91 Å². The van der Waals surface area contributed by atoms with Gasteiger partial charge in [-0.15, -0.1) is 0 Å². The Kier molecular flexibility index (Phi) is 6.84. The molecule has 1 atom stereocenters. The molecule has 0 fully saturated rings. The normalized spacial score (nSPS) is 15.9. The van der Waals surface area contributed by atoms with Crippen LogP contribution in [0.5, 0.6) is 11.5 Å². The number of hydrogen-bond acceptors (Lipinski definition) is 6. The SMILES string of the molecule is CCCCCN1C(=O)C(O)=C(C(=O)c2cc3cc(Cl)cc(OC)c3o2)C1c1ccccc1OC. The number of carbonyl (C=O) groups excluding carboxylic acids is 2. The highest BCUT2D eigenvalue weighted by atomic mass is 35.5. The summed E-state index contributed by atoms with van der Waals surface area (Å²) in [6, 6.07) is 11.1. The summed E-state index contributed by atoms with van der Waals surface area (Å²) in [6.07, 6.45) is 2.62. The van der Waals surface area contributed by atoms with E-state index in [1.165, 1.54) is 25.2 Å². The number of unbranched alkanes of at least 4 members (excludes halogenated alkanes) is 2. The van der Waals surface area contributed by atoms with Gasteiger partial charge >= 0.3 is 0 Å². The number of ketones is 1. The maximum absolute atomic E-state index is 13.7. The van der Waals surface area contributed by atoms with E-state index in [0.29, 0.717) is 39.6 Å². The maximum atomic E-state index is 13.7. The van der Waals surface area contributed by atoms with Crippen LogP contribution in [0.15, 0.2) is 58.2 Å². The molecule has 0 saturated carbocycles. The molecule has 8 heteroatoms. The van der Waals surface area contributed by atoms with Crippen LogP contribution in [0.4, 0.5) is 0 Å². The first-order valence-electron chi connectivity index (χ1n) is 11.1. The third-order valence-corrected chi connectivity index (χ3v) is 6.19. The second-order valence-corrected chi connectivity index (χ2v) is 8.52. The highest BCUT2D eigenvalue weighted by molar-refractivity contribution is 6.31.